The van der Waals surface area contributed by atoms with Gasteiger partial charge in [-0.2, -0.15) is 0 Å². The molecule has 1 aromatic rings. The first kappa shape index (κ1) is 8.40. The van der Waals surface area contributed by atoms with Gasteiger partial charge < -0.3 is 5.32 Å². The molecule has 1 N–H and O–H groups in total. The van der Waals surface area contributed by atoms with E-state index in [-0.39, 0.29) is 0 Å². The fraction of sp³-hybridized carbons (Fsp3) is 0.375. The molecule has 0 amide bonds. The van der Waals surface area contributed by atoms with Crippen molar-refractivity contribution >= 4 is 17.4 Å². The molecule has 0 spiro atoms. The van der Waals surface area contributed by atoms with Crippen LogP contribution in [0.3, 0.4) is 0 Å². The first-order chi connectivity index (χ1) is 5.47. The molecule has 0 aliphatic carbocycles. The molecule has 3 heteroatoms. The number of thioether (sulfide) groups is 1. The van der Waals surface area contributed by atoms with Crippen LogP contribution in [0.2, 0.25) is 0 Å². The minimum absolute atomic E-state index is 0.987. The van der Waals surface area contributed by atoms with Gasteiger partial charge in [0.05, 0.1) is 16.5 Å². The van der Waals surface area contributed by atoms with E-state index in [0.717, 1.165) is 5.88 Å². The van der Waals surface area contributed by atoms with E-state index in [1.165, 1.54) is 10.6 Å². The molecular weight excluding hydrogens is 156 g/mol. The predicted molar refractivity (Wildman–Crippen MR) is 49.9 cm³/mol. The van der Waals surface area contributed by atoms with Crippen molar-refractivity contribution in [2.24, 2.45) is 0 Å². The average molecular weight is 168 g/mol. The lowest BCUT2D eigenvalue weighted by atomic mass is 10.4. The molecule has 2 nitrogen and oxygen atoms in total. The molecule has 1 aromatic heterocycles. The van der Waals surface area contributed by atoms with Crippen LogP contribution in [0, 0.1) is 0 Å². The molecule has 0 aromatic carbocycles. The summed E-state index contributed by atoms with van der Waals surface area (Å²) < 4.78 is 0. The minimum Gasteiger partial charge on any atom is -0.375 e. The van der Waals surface area contributed by atoms with E-state index in [4.69, 9.17) is 0 Å². The van der Waals surface area contributed by atoms with Crippen LogP contribution in [0.25, 0.3) is 0 Å². The number of nitrogens with zero attached hydrogens (tertiary/aromatic N) is 1. The maximum absolute atomic E-state index is 4.00. The summed E-state index contributed by atoms with van der Waals surface area (Å²) in [7, 11) is 0. The maximum atomic E-state index is 4.00. The third kappa shape index (κ3) is 1.87. The summed E-state index contributed by atoms with van der Waals surface area (Å²) in [6, 6.07) is 2.00. The Balaban J connectivity index is 0.000000281. The SMILES string of the molecule is CC.c1cc2c(cn1)SCN2. The number of hydrogen-bond acceptors (Lipinski definition) is 3. The standard InChI is InChI=1S/C6H6N2S.C2H6/c1-2-7-3-6-5(1)8-4-9-6;1-2/h1-3,8H,4H2;1-2H3. The summed E-state index contributed by atoms with van der Waals surface area (Å²) >= 11 is 1.79. The summed E-state index contributed by atoms with van der Waals surface area (Å²) in [4.78, 5) is 5.26. The highest BCUT2D eigenvalue weighted by atomic mass is 32.2. The van der Waals surface area contributed by atoms with E-state index < -0.39 is 0 Å². The molecule has 11 heavy (non-hydrogen) atoms. The lowest BCUT2D eigenvalue weighted by molar-refractivity contribution is 1.25. The highest BCUT2D eigenvalue weighted by molar-refractivity contribution is 7.99. The van der Waals surface area contributed by atoms with Crippen LogP contribution >= 0.6 is 11.8 Å². The van der Waals surface area contributed by atoms with Crippen molar-refractivity contribution in [1.82, 2.24) is 4.98 Å². The van der Waals surface area contributed by atoms with E-state index >= 15 is 0 Å². The average Bonchev–Trinajstić information content (AvgIpc) is 2.55. The molecule has 0 unspecified atom stereocenters. The van der Waals surface area contributed by atoms with Crippen molar-refractivity contribution < 1.29 is 0 Å². The molecule has 0 bridgehead atoms. The van der Waals surface area contributed by atoms with Gasteiger partial charge in [0.15, 0.2) is 0 Å². The Morgan fingerprint density at radius 3 is 3.09 bits per heavy atom. The Morgan fingerprint density at radius 1 is 1.55 bits per heavy atom. The first-order valence-electron chi connectivity index (χ1n) is 3.77. The molecule has 0 saturated carbocycles. The highest BCUT2D eigenvalue weighted by Gasteiger charge is 2.07. The van der Waals surface area contributed by atoms with Gasteiger partial charge in [0, 0.05) is 12.4 Å². The van der Waals surface area contributed by atoms with Crippen LogP contribution in [0.5, 0.6) is 0 Å². The topological polar surface area (TPSA) is 24.9 Å². The molecule has 0 saturated heterocycles. The number of fused-ring (bicyclic) bond motifs is 1. The molecule has 0 radical (unpaired) electrons. The van der Waals surface area contributed by atoms with E-state index in [0.29, 0.717) is 0 Å². The Kier molecular flexibility index (Phi) is 3.23. The lowest BCUT2D eigenvalue weighted by Crippen LogP contribution is -1.87. The normalized spacial score (nSPS) is 12.5. The molecule has 1 aliphatic heterocycles. The molecular formula is C8H12N2S. The van der Waals surface area contributed by atoms with E-state index in [1.807, 2.05) is 26.1 Å². The summed E-state index contributed by atoms with van der Waals surface area (Å²) in [5, 5.41) is 3.22. The number of anilines is 1. The first-order valence-corrected chi connectivity index (χ1v) is 4.76. The van der Waals surface area contributed by atoms with Crippen molar-refractivity contribution in [2.45, 2.75) is 18.7 Å². The second-order valence-corrected chi connectivity index (χ2v) is 2.85. The predicted octanol–water partition coefficient (Wildman–Crippen LogP) is 2.58. The number of hydrogen-bond donors (Lipinski definition) is 1. The summed E-state index contributed by atoms with van der Waals surface area (Å²) in [5.74, 6) is 0.987. The highest BCUT2D eigenvalue weighted by Crippen LogP contribution is 2.31. The summed E-state index contributed by atoms with van der Waals surface area (Å²) in [6.45, 7) is 4.00. The van der Waals surface area contributed by atoms with Crippen molar-refractivity contribution in [2.75, 3.05) is 11.2 Å². The zero-order chi connectivity index (χ0) is 8.10. The van der Waals surface area contributed by atoms with Crippen LogP contribution in [-0.4, -0.2) is 10.9 Å². The second-order valence-electron chi connectivity index (χ2n) is 1.84. The van der Waals surface area contributed by atoms with Crippen LogP contribution in [-0.2, 0) is 0 Å². The van der Waals surface area contributed by atoms with E-state index in [9.17, 15) is 0 Å². The van der Waals surface area contributed by atoms with Gasteiger partial charge in [-0.25, -0.2) is 0 Å². The molecule has 0 atom stereocenters. The van der Waals surface area contributed by atoms with E-state index in [1.54, 1.807) is 18.0 Å². The van der Waals surface area contributed by atoms with Gasteiger partial charge in [-0.3, -0.25) is 4.98 Å². The van der Waals surface area contributed by atoms with Gasteiger partial charge in [-0.15, -0.1) is 11.8 Å². The zero-order valence-corrected chi connectivity index (χ0v) is 7.61. The van der Waals surface area contributed by atoms with Gasteiger partial charge in [-0.1, -0.05) is 13.8 Å². The van der Waals surface area contributed by atoms with Crippen LogP contribution in [0.15, 0.2) is 23.4 Å². The fourth-order valence-electron chi connectivity index (χ4n) is 0.833. The largest absolute Gasteiger partial charge is 0.375 e. The number of pyridine rings is 1. The van der Waals surface area contributed by atoms with Gasteiger partial charge in [0.1, 0.15) is 0 Å². The van der Waals surface area contributed by atoms with Crippen molar-refractivity contribution in [3.05, 3.63) is 18.5 Å². The Labute approximate surface area is 71.4 Å². The number of nitrogens with one attached hydrogen (secondary N) is 1. The second kappa shape index (κ2) is 4.23. The summed E-state index contributed by atoms with van der Waals surface area (Å²) in [6.07, 6.45) is 3.69. The number of aromatic nitrogens is 1. The van der Waals surface area contributed by atoms with E-state index in [2.05, 4.69) is 10.3 Å². The van der Waals surface area contributed by atoms with Crippen molar-refractivity contribution in [1.29, 1.82) is 0 Å². The number of rotatable bonds is 0. The smallest absolute Gasteiger partial charge is 0.0658 e. The van der Waals surface area contributed by atoms with Crippen molar-refractivity contribution in [3.63, 3.8) is 0 Å². The monoisotopic (exact) mass is 168 g/mol. The van der Waals surface area contributed by atoms with Crippen LogP contribution < -0.4 is 5.32 Å². The third-order valence-electron chi connectivity index (χ3n) is 1.27. The molecule has 2 heterocycles. The molecule has 2 rings (SSSR count). The molecule has 60 valence electrons. The zero-order valence-electron chi connectivity index (χ0n) is 6.79. The minimum atomic E-state index is 0.987. The Morgan fingerprint density at radius 2 is 2.36 bits per heavy atom. The lowest BCUT2D eigenvalue weighted by Gasteiger charge is -1.92. The van der Waals surface area contributed by atoms with Gasteiger partial charge in [-0.05, 0) is 6.07 Å². The third-order valence-corrected chi connectivity index (χ3v) is 2.20. The van der Waals surface area contributed by atoms with Crippen molar-refractivity contribution in [3.8, 4) is 0 Å². The Bertz CT molecular complexity index is 202. The molecule has 0 fully saturated rings. The maximum Gasteiger partial charge on any atom is 0.0658 e. The summed E-state index contributed by atoms with van der Waals surface area (Å²) in [5.41, 5.74) is 1.22. The quantitative estimate of drug-likeness (QED) is 0.644. The van der Waals surface area contributed by atoms with Gasteiger partial charge >= 0.3 is 0 Å². The van der Waals surface area contributed by atoms with Gasteiger partial charge in [0.25, 0.3) is 0 Å². The van der Waals surface area contributed by atoms with Gasteiger partial charge in [0.2, 0.25) is 0 Å². The van der Waals surface area contributed by atoms with Crippen LogP contribution in [0.4, 0.5) is 5.69 Å². The Hall–Kier alpha value is -0.700. The van der Waals surface area contributed by atoms with Crippen LogP contribution in [0.1, 0.15) is 13.8 Å². The fourth-order valence-corrected chi connectivity index (χ4v) is 1.65. The molecule has 1 aliphatic rings.